The van der Waals surface area contributed by atoms with Crippen molar-refractivity contribution < 1.29 is 9.47 Å². The molecule has 1 aliphatic carbocycles. The van der Waals surface area contributed by atoms with Crippen LogP contribution in [0.5, 0.6) is 11.5 Å². The van der Waals surface area contributed by atoms with Crippen LogP contribution in [0.3, 0.4) is 0 Å². The lowest BCUT2D eigenvalue weighted by molar-refractivity contribution is 0.341. The molecule has 106 valence electrons. The van der Waals surface area contributed by atoms with E-state index in [0.29, 0.717) is 12.0 Å². The Bertz CT molecular complexity index is 381. The van der Waals surface area contributed by atoms with Gasteiger partial charge in [0.2, 0.25) is 0 Å². The van der Waals surface area contributed by atoms with Crippen LogP contribution in [0.2, 0.25) is 0 Å². The van der Waals surface area contributed by atoms with E-state index in [1.54, 1.807) is 14.2 Å². The molecule has 1 N–H and O–H groups in total. The van der Waals surface area contributed by atoms with Crippen molar-refractivity contribution in [2.75, 3.05) is 20.8 Å². The van der Waals surface area contributed by atoms with Crippen molar-refractivity contribution in [3.8, 4) is 11.5 Å². The summed E-state index contributed by atoms with van der Waals surface area (Å²) in [6.07, 6.45) is 5.07. The monoisotopic (exact) mass is 263 g/mol. The molecule has 2 unspecified atom stereocenters. The zero-order valence-corrected chi connectivity index (χ0v) is 12.2. The van der Waals surface area contributed by atoms with Crippen molar-refractivity contribution in [2.24, 2.45) is 0 Å². The second-order valence-electron chi connectivity index (χ2n) is 5.26. The lowest BCUT2D eigenvalue weighted by Gasteiger charge is -2.30. The predicted molar refractivity (Wildman–Crippen MR) is 78.2 cm³/mol. The molecule has 0 bridgehead atoms. The molecule has 0 saturated heterocycles. The van der Waals surface area contributed by atoms with E-state index in [1.807, 2.05) is 6.07 Å². The number of hydrogen-bond acceptors (Lipinski definition) is 3. The summed E-state index contributed by atoms with van der Waals surface area (Å²) in [6.45, 7) is 3.23. The van der Waals surface area contributed by atoms with Gasteiger partial charge in [-0.15, -0.1) is 0 Å². The van der Waals surface area contributed by atoms with Gasteiger partial charge in [0.25, 0.3) is 0 Å². The van der Waals surface area contributed by atoms with Crippen LogP contribution in [-0.2, 0) is 0 Å². The largest absolute Gasteiger partial charge is 0.497 e. The molecule has 3 nitrogen and oxygen atoms in total. The smallest absolute Gasteiger partial charge is 0.122 e. The highest BCUT2D eigenvalue weighted by Gasteiger charge is 2.23. The second-order valence-corrected chi connectivity index (χ2v) is 5.26. The van der Waals surface area contributed by atoms with Crippen LogP contribution in [0.4, 0.5) is 0 Å². The van der Waals surface area contributed by atoms with Gasteiger partial charge >= 0.3 is 0 Å². The summed E-state index contributed by atoms with van der Waals surface area (Å²) in [6, 6.07) is 6.90. The first-order valence-electron chi connectivity index (χ1n) is 7.23. The normalized spacial score (nSPS) is 23.1. The second kappa shape index (κ2) is 6.80. The van der Waals surface area contributed by atoms with Crippen molar-refractivity contribution in [3.63, 3.8) is 0 Å². The Morgan fingerprint density at radius 1 is 1.11 bits per heavy atom. The fourth-order valence-corrected chi connectivity index (χ4v) is 3.03. The van der Waals surface area contributed by atoms with E-state index < -0.39 is 0 Å². The fourth-order valence-electron chi connectivity index (χ4n) is 3.03. The van der Waals surface area contributed by atoms with Crippen LogP contribution in [0.15, 0.2) is 18.2 Å². The summed E-state index contributed by atoms with van der Waals surface area (Å²) >= 11 is 0. The standard InChI is InChI=1S/C16H25NO2/c1-4-17-14-7-5-6-12(8-14)13-9-15(18-2)11-16(10-13)19-3/h9-12,14,17H,4-8H2,1-3H3. The van der Waals surface area contributed by atoms with Crippen LogP contribution in [0.1, 0.15) is 44.1 Å². The Kier molecular flexibility index (Phi) is 5.08. The zero-order chi connectivity index (χ0) is 13.7. The Morgan fingerprint density at radius 3 is 2.37 bits per heavy atom. The molecular formula is C16H25NO2. The van der Waals surface area contributed by atoms with Crippen molar-refractivity contribution >= 4 is 0 Å². The van der Waals surface area contributed by atoms with E-state index in [2.05, 4.69) is 24.4 Å². The van der Waals surface area contributed by atoms with Gasteiger partial charge in [0, 0.05) is 12.1 Å². The molecule has 3 heteroatoms. The van der Waals surface area contributed by atoms with E-state index >= 15 is 0 Å². The number of methoxy groups -OCH3 is 2. The summed E-state index contributed by atoms with van der Waals surface area (Å²) < 4.78 is 10.7. The van der Waals surface area contributed by atoms with Gasteiger partial charge in [-0.3, -0.25) is 0 Å². The van der Waals surface area contributed by atoms with Crippen LogP contribution in [0, 0.1) is 0 Å². The first-order chi connectivity index (χ1) is 9.26. The van der Waals surface area contributed by atoms with Crippen LogP contribution in [0.25, 0.3) is 0 Å². The van der Waals surface area contributed by atoms with Crippen LogP contribution in [-0.4, -0.2) is 26.8 Å². The maximum absolute atomic E-state index is 5.37. The molecule has 19 heavy (non-hydrogen) atoms. The quantitative estimate of drug-likeness (QED) is 0.884. The van der Waals surface area contributed by atoms with Gasteiger partial charge in [-0.25, -0.2) is 0 Å². The number of hydrogen-bond donors (Lipinski definition) is 1. The summed E-state index contributed by atoms with van der Waals surface area (Å²) in [5, 5.41) is 3.58. The summed E-state index contributed by atoms with van der Waals surface area (Å²) in [4.78, 5) is 0. The number of rotatable bonds is 5. The lowest BCUT2D eigenvalue weighted by Crippen LogP contribution is -2.33. The minimum atomic E-state index is 0.613. The predicted octanol–water partition coefficient (Wildman–Crippen LogP) is 3.34. The van der Waals surface area contributed by atoms with E-state index in [-0.39, 0.29) is 0 Å². The molecular weight excluding hydrogens is 238 g/mol. The summed E-state index contributed by atoms with van der Waals surface area (Å²) in [7, 11) is 3.42. The molecule has 1 aromatic carbocycles. The zero-order valence-electron chi connectivity index (χ0n) is 12.2. The van der Waals surface area contributed by atoms with Gasteiger partial charge in [-0.2, -0.15) is 0 Å². The van der Waals surface area contributed by atoms with E-state index in [1.165, 1.54) is 31.2 Å². The molecule has 0 heterocycles. The number of benzene rings is 1. The van der Waals surface area contributed by atoms with Gasteiger partial charge in [-0.05, 0) is 49.4 Å². The molecule has 0 amide bonds. The van der Waals surface area contributed by atoms with Crippen LogP contribution >= 0.6 is 0 Å². The molecule has 0 radical (unpaired) electrons. The Morgan fingerprint density at radius 2 is 1.79 bits per heavy atom. The molecule has 2 rings (SSSR count). The molecule has 0 aromatic heterocycles. The van der Waals surface area contributed by atoms with Crippen molar-refractivity contribution in [1.82, 2.24) is 5.32 Å². The highest BCUT2D eigenvalue weighted by Crippen LogP contribution is 2.36. The minimum Gasteiger partial charge on any atom is -0.497 e. The van der Waals surface area contributed by atoms with Crippen LogP contribution < -0.4 is 14.8 Å². The maximum atomic E-state index is 5.37. The number of nitrogens with one attached hydrogen (secondary N) is 1. The molecule has 2 atom stereocenters. The van der Waals surface area contributed by atoms with Crippen molar-refractivity contribution in [3.05, 3.63) is 23.8 Å². The van der Waals surface area contributed by atoms with Gasteiger partial charge in [0.05, 0.1) is 14.2 Å². The highest BCUT2D eigenvalue weighted by molar-refractivity contribution is 5.40. The van der Waals surface area contributed by atoms with Gasteiger partial charge in [-0.1, -0.05) is 13.3 Å². The molecule has 1 saturated carbocycles. The third-order valence-electron chi connectivity index (χ3n) is 4.01. The van der Waals surface area contributed by atoms with Crippen molar-refractivity contribution in [1.29, 1.82) is 0 Å². The molecule has 1 aliphatic rings. The van der Waals surface area contributed by atoms with E-state index in [9.17, 15) is 0 Å². The summed E-state index contributed by atoms with van der Waals surface area (Å²) in [5.74, 6) is 2.39. The highest BCUT2D eigenvalue weighted by atomic mass is 16.5. The molecule has 1 aromatic rings. The Labute approximate surface area is 116 Å². The van der Waals surface area contributed by atoms with Gasteiger partial charge in [0.1, 0.15) is 11.5 Å². The van der Waals surface area contributed by atoms with Crippen molar-refractivity contribution in [2.45, 2.75) is 44.6 Å². The number of ether oxygens (including phenoxy) is 2. The Hall–Kier alpha value is -1.22. The average Bonchev–Trinajstić information content (AvgIpc) is 2.47. The maximum Gasteiger partial charge on any atom is 0.122 e. The Balaban J connectivity index is 2.15. The fraction of sp³-hybridized carbons (Fsp3) is 0.625. The van der Waals surface area contributed by atoms with Gasteiger partial charge in [0.15, 0.2) is 0 Å². The first-order valence-corrected chi connectivity index (χ1v) is 7.23. The summed E-state index contributed by atoms with van der Waals surface area (Å²) in [5.41, 5.74) is 1.35. The van der Waals surface area contributed by atoms with E-state index in [4.69, 9.17) is 9.47 Å². The average molecular weight is 263 g/mol. The third-order valence-corrected chi connectivity index (χ3v) is 4.01. The first kappa shape index (κ1) is 14.2. The minimum absolute atomic E-state index is 0.613. The third kappa shape index (κ3) is 3.63. The van der Waals surface area contributed by atoms with E-state index in [0.717, 1.165) is 18.0 Å². The topological polar surface area (TPSA) is 30.5 Å². The lowest BCUT2D eigenvalue weighted by atomic mass is 9.81. The van der Waals surface area contributed by atoms with Gasteiger partial charge < -0.3 is 14.8 Å². The molecule has 0 aliphatic heterocycles. The molecule has 1 fully saturated rings. The SMILES string of the molecule is CCNC1CCCC(c2cc(OC)cc(OC)c2)C1. The molecule has 0 spiro atoms.